The molecule has 3 heterocycles. The molecule has 168 valence electrons. The van der Waals surface area contributed by atoms with Gasteiger partial charge in [-0.1, -0.05) is 48.5 Å². The van der Waals surface area contributed by atoms with Gasteiger partial charge in [0.2, 0.25) is 5.91 Å². The number of benzene rings is 2. The molecule has 0 saturated carbocycles. The molecule has 5 rings (SSSR count). The van der Waals surface area contributed by atoms with E-state index in [2.05, 4.69) is 57.4 Å². The standard InChI is InChI=1S/C25H29N5O.ClH/c1-28-13-15-29(16-14-28)18-23(31)27-24-20-9-5-6-10-22(20)26-25-21(24)11-12-30(25)17-19-7-3-2-4-8-19;/h2-10H,11-18H2,1H3,(H,26,27,31);1H. The minimum absolute atomic E-state index is 0. The van der Waals surface area contributed by atoms with E-state index in [1.165, 1.54) is 5.56 Å². The summed E-state index contributed by atoms with van der Waals surface area (Å²) >= 11 is 0. The number of anilines is 2. The van der Waals surface area contributed by atoms with E-state index in [1.54, 1.807) is 0 Å². The molecule has 7 heteroatoms. The number of nitrogens with zero attached hydrogens (tertiary/aromatic N) is 4. The summed E-state index contributed by atoms with van der Waals surface area (Å²) in [6.07, 6.45) is 0.893. The lowest BCUT2D eigenvalue weighted by Gasteiger charge is -2.31. The first-order chi connectivity index (χ1) is 15.2. The molecule has 3 aromatic rings. The second-order valence-electron chi connectivity index (χ2n) is 8.59. The van der Waals surface area contributed by atoms with Crippen LogP contribution in [0, 0.1) is 0 Å². The molecule has 0 spiro atoms. The van der Waals surface area contributed by atoms with Crippen LogP contribution in [-0.4, -0.2) is 67.0 Å². The molecule has 0 aliphatic carbocycles. The summed E-state index contributed by atoms with van der Waals surface area (Å²) < 4.78 is 0. The van der Waals surface area contributed by atoms with Crippen molar-refractivity contribution in [3.05, 3.63) is 65.7 Å². The number of para-hydroxylation sites is 1. The van der Waals surface area contributed by atoms with Gasteiger partial charge in [0.15, 0.2) is 0 Å². The second kappa shape index (κ2) is 9.86. The van der Waals surface area contributed by atoms with Crippen LogP contribution in [-0.2, 0) is 17.8 Å². The molecule has 6 nitrogen and oxygen atoms in total. The number of amides is 1. The Hall–Kier alpha value is -2.67. The van der Waals surface area contributed by atoms with Crippen molar-refractivity contribution in [1.82, 2.24) is 14.8 Å². The van der Waals surface area contributed by atoms with Gasteiger partial charge in [-0.3, -0.25) is 9.69 Å². The highest BCUT2D eigenvalue weighted by Gasteiger charge is 2.27. The second-order valence-corrected chi connectivity index (χ2v) is 8.59. The van der Waals surface area contributed by atoms with Gasteiger partial charge in [-0.05, 0) is 25.1 Å². The first-order valence-electron chi connectivity index (χ1n) is 11.1. The van der Waals surface area contributed by atoms with Crippen molar-refractivity contribution in [2.45, 2.75) is 13.0 Å². The van der Waals surface area contributed by atoms with Crippen LogP contribution in [0.4, 0.5) is 11.5 Å². The number of nitrogens with one attached hydrogen (secondary N) is 1. The maximum Gasteiger partial charge on any atom is 0.238 e. The molecule has 0 radical (unpaired) electrons. The summed E-state index contributed by atoms with van der Waals surface area (Å²) in [4.78, 5) is 24.8. The van der Waals surface area contributed by atoms with E-state index in [4.69, 9.17) is 4.98 Å². The number of likely N-dealkylation sites (N-methyl/N-ethyl adjacent to an activating group) is 1. The molecular formula is C25H30ClN5O. The Morgan fingerprint density at radius 2 is 1.69 bits per heavy atom. The topological polar surface area (TPSA) is 51.7 Å². The van der Waals surface area contributed by atoms with E-state index in [-0.39, 0.29) is 18.3 Å². The van der Waals surface area contributed by atoms with E-state index in [0.717, 1.165) is 73.7 Å². The number of rotatable bonds is 5. The minimum Gasteiger partial charge on any atom is -0.352 e. The molecule has 1 saturated heterocycles. The van der Waals surface area contributed by atoms with Crippen LogP contribution in [0.5, 0.6) is 0 Å². The predicted octanol–water partition coefficient (Wildman–Crippen LogP) is 3.41. The molecule has 1 aromatic heterocycles. The van der Waals surface area contributed by atoms with E-state index >= 15 is 0 Å². The maximum atomic E-state index is 13.0. The molecule has 32 heavy (non-hydrogen) atoms. The van der Waals surface area contributed by atoms with Crippen molar-refractivity contribution in [1.29, 1.82) is 0 Å². The zero-order valence-corrected chi connectivity index (χ0v) is 19.3. The fourth-order valence-electron chi connectivity index (χ4n) is 4.58. The SMILES string of the molecule is CN1CCN(CC(=O)Nc2c3c(nc4ccccc24)N(Cc2ccccc2)CC3)CC1.Cl. The number of pyridine rings is 1. The van der Waals surface area contributed by atoms with Gasteiger partial charge in [-0.25, -0.2) is 4.98 Å². The molecule has 0 bridgehead atoms. The maximum absolute atomic E-state index is 13.0. The third-order valence-corrected chi connectivity index (χ3v) is 6.35. The highest BCUT2D eigenvalue weighted by molar-refractivity contribution is 6.04. The lowest BCUT2D eigenvalue weighted by molar-refractivity contribution is -0.117. The average Bonchev–Trinajstić information content (AvgIpc) is 3.18. The van der Waals surface area contributed by atoms with Crippen LogP contribution in [0.25, 0.3) is 10.9 Å². The number of carbonyl (C=O) groups is 1. The number of hydrogen-bond acceptors (Lipinski definition) is 5. The van der Waals surface area contributed by atoms with Gasteiger partial charge in [0.25, 0.3) is 0 Å². The van der Waals surface area contributed by atoms with E-state index in [9.17, 15) is 4.79 Å². The van der Waals surface area contributed by atoms with Crippen LogP contribution in [0.1, 0.15) is 11.1 Å². The molecule has 2 aromatic carbocycles. The summed E-state index contributed by atoms with van der Waals surface area (Å²) in [5, 5.41) is 4.29. The van der Waals surface area contributed by atoms with Crippen LogP contribution in [0.15, 0.2) is 54.6 Å². The van der Waals surface area contributed by atoms with Crippen molar-refractivity contribution in [2.24, 2.45) is 0 Å². The van der Waals surface area contributed by atoms with Crippen LogP contribution >= 0.6 is 12.4 Å². The Bertz CT molecular complexity index is 1080. The van der Waals surface area contributed by atoms with Gasteiger partial charge in [-0.2, -0.15) is 0 Å². The van der Waals surface area contributed by atoms with Crippen molar-refractivity contribution in [3.8, 4) is 0 Å². The first kappa shape index (κ1) is 22.5. The minimum atomic E-state index is 0. The summed E-state index contributed by atoms with van der Waals surface area (Å²) in [5.41, 5.74) is 4.29. The fraction of sp³-hybridized carbons (Fsp3) is 0.360. The summed E-state index contributed by atoms with van der Waals surface area (Å²) in [6, 6.07) is 18.6. The number of carbonyl (C=O) groups excluding carboxylic acids is 1. The van der Waals surface area contributed by atoms with Gasteiger partial charge >= 0.3 is 0 Å². The molecular weight excluding hydrogens is 422 g/mol. The summed E-state index contributed by atoms with van der Waals surface area (Å²) in [7, 11) is 2.13. The number of halogens is 1. The first-order valence-corrected chi connectivity index (χ1v) is 11.1. The number of hydrogen-bond donors (Lipinski definition) is 1. The molecule has 0 unspecified atom stereocenters. The van der Waals surface area contributed by atoms with Crippen LogP contribution in [0.3, 0.4) is 0 Å². The number of aromatic nitrogens is 1. The zero-order chi connectivity index (χ0) is 21.2. The highest BCUT2D eigenvalue weighted by Crippen LogP contribution is 2.38. The van der Waals surface area contributed by atoms with E-state index in [1.807, 2.05) is 24.3 Å². The van der Waals surface area contributed by atoms with Gasteiger partial charge < -0.3 is 15.1 Å². The van der Waals surface area contributed by atoms with Crippen molar-refractivity contribution in [3.63, 3.8) is 0 Å². The number of piperazine rings is 1. The smallest absolute Gasteiger partial charge is 0.238 e. The quantitative estimate of drug-likeness (QED) is 0.644. The van der Waals surface area contributed by atoms with Gasteiger partial charge in [0.1, 0.15) is 5.82 Å². The summed E-state index contributed by atoms with van der Waals surface area (Å²) in [5.74, 6) is 1.06. The Morgan fingerprint density at radius 3 is 2.47 bits per heavy atom. The summed E-state index contributed by atoms with van der Waals surface area (Å²) in [6.45, 7) is 6.06. The van der Waals surface area contributed by atoms with Crippen LogP contribution < -0.4 is 10.2 Å². The van der Waals surface area contributed by atoms with E-state index in [0.29, 0.717) is 6.54 Å². The number of fused-ring (bicyclic) bond motifs is 2. The average molecular weight is 452 g/mol. The third-order valence-electron chi connectivity index (χ3n) is 6.35. The molecule has 1 N–H and O–H groups in total. The molecule has 2 aliphatic rings. The van der Waals surface area contributed by atoms with Crippen LogP contribution in [0.2, 0.25) is 0 Å². The fourth-order valence-corrected chi connectivity index (χ4v) is 4.58. The molecule has 1 amide bonds. The van der Waals surface area contributed by atoms with Crippen molar-refractivity contribution in [2.75, 3.05) is 56.5 Å². The molecule has 0 atom stereocenters. The largest absolute Gasteiger partial charge is 0.352 e. The monoisotopic (exact) mass is 451 g/mol. The molecule has 1 fully saturated rings. The Balaban J connectivity index is 0.00000245. The highest BCUT2D eigenvalue weighted by atomic mass is 35.5. The normalized spacial score (nSPS) is 16.6. The Labute approximate surface area is 195 Å². The molecule has 2 aliphatic heterocycles. The van der Waals surface area contributed by atoms with Crippen molar-refractivity contribution >= 4 is 40.7 Å². The predicted molar refractivity (Wildman–Crippen MR) is 133 cm³/mol. The third kappa shape index (κ3) is 4.72. The van der Waals surface area contributed by atoms with Crippen molar-refractivity contribution < 1.29 is 4.79 Å². The lowest BCUT2D eigenvalue weighted by Crippen LogP contribution is -2.47. The zero-order valence-electron chi connectivity index (χ0n) is 18.5. The Morgan fingerprint density at radius 1 is 0.969 bits per heavy atom. The lowest BCUT2D eigenvalue weighted by atomic mass is 10.1. The van der Waals surface area contributed by atoms with E-state index < -0.39 is 0 Å². The van der Waals surface area contributed by atoms with Gasteiger partial charge in [0, 0.05) is 50.2 Å². The van der Waals surface area contributed by atoms with Gasteiger partial charge in [0.05, 0.1) is 17.7 Å². The van der Waals surface area contributed by atoms with Gasteiger partial charge in [-0.15, -0.1) is 12.4 Å². The Kier molecular flexibility index (Phi) is 6.94.